The molecule has 1 rings (SSSR count). The summed E-state index contributed by atoms with van der Waals surface area (Å²) in [6.07, 6.45) is 2.10. The van der Waals surface area contributed by atoms with Gasteiger partial charge in [-0.25, -0.2) is 4.79 Å². The number of hydrogen-bond acceptors (Lipinski definition) is 3. The zero-order chi connectivity index (χ0) is 14.5. The van der Waals surface area contributed by atoms with Gasteiger partial charge in [0, 0.05) is 25.6 Å². The number of amides is 2. The van der Waals surface area contributed by atoms with E-state index < -0.39 is 5.60 Å². The summed E-state index contributed by atoms with van der Waals surface area (Å²) in [6, 6.07) is 0. The quantitative estimate of drug-likeness (QED) is 0.855. The van der Waals surface area contributed by atoms with Gasteiger partial charge in [0.2, 0.25) is 5.91 Å². The number of carbonyl (C=O) groups is 2. The zero-order valence-electron chi connectivity index (χ0n) is 12.5. The standard InChI is InChI=1S/C14H26N2O3/c1-5-8-15-12(17)11-6-9-16(10-7-11)13(18)19-14(2,3)4/h11H,5-10H2,1-4H3,(H,15,17). The van der Waals surface area contributed by atoms with Crippen molar-refractivity contribution < 1.29 is 14.3 Å². The molecular weight excluding hydrogens is 244 g/mol. The Morgan fingerprint density at radius 3 is 2.32 bits per heavy atom. The average molecular weight is 270 g/mol. The summed E-state index contributed by atoms with van der Waals surface area (Å²) in [5.74, 6) is 0.149. The normalized spacial score (nSPS) is 17.2. The monoisotopic (exact) mass is 270 g/mol. The van der Waals surface area contributed by atoms with Gasteiger partial charge in [-0.1, -0.05) is 6.92 Å². The summed E-state index contributed by atoms with van der Waals surface area (Å²) >= 11 is 0. The molecule has 0 radical (unpaired) electrons. The van der Waals surface area contributed by atoms with Crippen LogP contribution in [-0.2, 0) is 9.53 Å². The van der Waals surface area contributed by atoms with Crippen LogP contribution in [0, 0.1) is 5.92 Å². The summed E-state index contributed by atoms with van der Waals surface area (Å²) in [5, 5.41) is 2.91. The fraction of sp³-hybridized carbons (Fsp3) is 0.857. The molecule has 5 heteroatoms. The van der Waals surface area contributed by atoms with Gasteiger partial charge in [-0.15, -0.1) is 0 Å². The van der Waals surface area contributed by atoms with E-state index in [2.05, 4.69) is 5.32 Å². The lowest BCUT2D eigenvalue weighted by atomic mass is 9.96. The largest absolute Gasteiger partial charge is 0.444 e. The van der Waals surface area contributed by atoms with Crippen molar-refractivity contribution in [1.29, 1.82) is 0 Å². The Hall–Kier alpha value is -1.26. The Bertz CT molecular complexity index is 315. The summed E-state index contributed by atoms with van der Waals surface area (Å²) < 4.78 is 5.32. The average Bonchev–Trinajstić information content (AvgIpc) is 2.34. The first kappa shape index (κ1) is 15.8. The molecule has 1 aliphatic heterocycles. The second-order valence-electron chi connectivity index (χ2n) is 6.03. The first-order valence-corrected chi connectivity index (χ1v) is 7.09. The lowest BCUT2D eigenvalue weighted by Crippen LogP contribution is -2.44. The lowest BCUT2D eigenvalue weighted by molar-refractivity contribution is -0.126. The van der Waals surface area contributed by atoms with Crippen LogP contribution in [0.1, 0.15) is 47.0 Å². The van der Waals surface area contributed by atoms with E-state index in [1.165, 1.54) is 0 Å². The van der Waals surface area contributed by atoms with Crippen molar-refractivity contribution in [3.63, 3.8) is 0 Å². The van der Waals surface area contributed by atoms with Gasteiger partial charge in [0.15, 0.2) is 0 Å². The van der Waals surface area contributed by atoms with Gasteiger partial charge in [-0.05, 0) is 40.0 Å². The third kappa shape index (κ3) is 5.49. The van der Waals surface area contributed by atoms with Crippen molar-refractivity contribution in [2.24, 2.45) is 5.92 Å². The number of nitrogens with zero attached hydrogens (tertiary/aromatic N) is 1. The van der Waals surface area contributed by atoms with Crippen molar-refractivity contribution in [2.45, 2.75) is 52.6 Å². The minimum Gasteiger partial charge on any atom is -0.444 e. The molecule has 0 aromatic heterocycles. The van der Waals surface area contributed by atoms with Crippen molar-refractivity contribution in [3.8, 4) is 0 Å². The van der Waals surface area contributed by atoms with Gasteiger partial charge in [-0.3, -0.25) is 4.79 Å². The predicted molar refractivity (Wildman–Crippen MR) is 73.8 cm³/mol. The predicted octanol–water partition coefficient (Wildman–Crippen LogP) is 2.16. The molecule has 0 aliphatic carbocycles. The van der Waals surface area contributed by atoms with Gasteiger partial charge < -0.3 is 15.0 Å². The number of ether oxygens (including phenoxy) is 1. The Labute approximate surface area is 115 Å². The van der Waals surface area contributed by atoms with Crippen LogP contribution in [0.2, 0.25) is 0 Å². The van der Waals surface area contributed by atoms with E-state index in [0.717, 1.165) is 25.8 Å². The van der Waals surface area contributed by atoms with E-state index in [1.807, 2.05) is 27.7 Å². The minimum atomic E-state index is -0.466. The molecule has 2 amide bonds. The van der Waals surface area contributed by atoms with Crippen LogP contribution in [0.5, 0.6) is 0 Å². The molecule has 0 atom stereocenters. The highest BCUT2D eigenvalue weighted by molar-refractivity contribution is 5.79. The fourth-order valence-electron chi connectivity index (χ4n) is 2.04. The summed E-state index contributed by atoms with van der Waals surface area (Å²) in [6.45, 7) is 9.52. The number of hydrogen-bond donors (Lipinski definition) is 1. The van der Waals surface area contributed by atoms with Gasteiger partial charge in [0.05, 0.1) is 0 Å². The zero-order valence-corrected chi connectivity index (χ0v) is 12.5. The van der Waals surface area contributed by atoms with Crippen LogP contribution in [0.3, 0.4) is 0 Å². The number of likely N-dealkylation sites (tertiary alicyclic amines) is 1. The molecule has 0 unspecified atom stereocenters. The Morgan fingerprint density at radius 2 is 1.84 bits per heavy atom. The van der Waals surface area contributed by atoms with Crippen molar-refractivity contribution in [2.75, 3.05) is 19.6 Å². The number of carbonyl (C=O) groups excluding carboxylic acids is 2. The van der Waals surface area contributed by atoms with Gasteiger partial charge in [0.1, 0.15) is 5.60 Å². The van der Waals surface area contributed by atoms with Gasteiger partial charge in [-0.2, -0.15) is 0 Å². The molecule has 0 saturated carbocycles. The van der Waals surface area contributed by atoms with Crippen molar-refractivity contribution in [3.05, 3.63) is 0 Å². The third-order valence-electron chi connectivity index (χ3n) is 3.07. The molecule has 1 saturated heterocycles. The second-order valence-corrected chi connectivity index (χ2v) is 6.03. The lowest BCUT2D eigenvalue weighted by Gasteiger charge is -2.32. The molecule has 0 aromatic carbocycles. The molecule has 5 nitrogen and oxygen atoms in total. The highest BCUT2D eigenvalue weighted by Gasteiger charge is 2.29. The molecule has 1 heterocycles. The highest BCUT2D eigenvalue weighted by atomic mass is 16.6. The van der Waals surface area contributed by atoms with Crippen LogP contribution in [-0.4, -0.2) is 42.1 Å². The molecule has 1 aliphatic rings. The van der Waals surface area contributed by atoms with E-state index >= 15 is 0 Å². The summed E-state index contributed by atoms with van der Waals surface area (Å²) in [7, 11) is 0. The minimum absolute atomic E-state index is 0.0326. The Morgan fingerprint density at radius 1 is 1.26 bits per heavy atom. The molecule has 19 heavy (non-hydrogen) atoms. The first-order valence-electron chi connectivity index (χ1n) is 7.09. The molecule has 1 N–H and O–H groups in total. The topological polar surface area (TPSA) is 58.6 Å². The van der Waals surface area contributed by atoms with E-state index in [4.69, 9.17) is 4.74 Å². The number of rotatable bonds is 3. The van der Waals surface area contributed by atoms with Crippen LogP contribution >= 0.6 is 0 Å². The summed E-state index contributed by atoms with van der Waals surface area (Å²) in [4.78, 5) is 25.4. The van der Waals surface area contributed by atoms with Crippen LogP contribution in [0.25, 0.3) is 0 Å². The van der Waals surface area contributed by atoms with Crippen molar-refractivity contribution in [1.82, 2.24) is 10.2 Å². The summed E-state index contributed by atoms with van der Waals surface area (Å²) in [5.41, 5.74) is -0.466. The smallest absolute Gasteiger partial charge is 0.410 e. The van der Waals surface area contributed by atoms with Crippen molar-refractivity contribution >= 4 is 12.0 Å². The molecule has 1 fully saturated rings. The van der Waals surface area contributed by atoms with Gasteiger partial charge >= 0.3 is 6.09 Å². The van der Waals surface area contributed by atoms with E-state index in [0.29, 0.717) is 13.1 Å². The first-order chi connectivity index (χ1) is 8.83. The van der Waals surface area contributed by atoms with E-state index in [9.17, 15) is 9.59 Å². The number of nitrogens with one attached hydrogen (secondary N) is 1. The highest BCUT2D eigenvalue weighted by Crippen LogP contribution is 2.19. The second kappa shape index (κ2) is 6.78. The Balaban J connectivity index is 2.36. The fourth-order valence-corrected chi connectivity index (χ4v) is 2.04. The Kier molecular flexibility index (Phi) is 5.63. The maximum atomic E-state index is 11.9. The maximum Gasteiger partial charge on any atom is 0.410 e. The van der Waals surface area contributed by atoms with Crippen LogP contribution in [0.4, 0.5) is 4.79 Å². The maximum absolute atomic E-state index is 11.9. The van der Waals surface area contributed by atoms with E-state index in [1.54, 1.807) is 4.90 Å². The van der Waals surface area contributed by atoms with E-state index in [-0.39, 0.29) is 17.9 Å². The molecule has 0 aromatic rings. The SMILES string of the molecule is CCCNC(=O)C1CCN(C(=O)OC(C)(C)C)CC1. The molecule has 110 valence electrons. The third-order valence-corrected chi connectivity index (χ3v) is 3.07. The molecular formula is C14H26N2O3. The molecule has 0 spiro atoms. The van der Waals surface area contributed by atoms with Gasteiger partial charge in [0.25, 0.3) is 0 Å². The van der Waals surface area contributed by atoms with Crippen LogP contribution < -0.4 is 5.32 Å². The van der Waals surface area contributed by atoms with Crippen LogP contribution in [0.15, 0.2) is 0 Å². The number of piperidine rings is 1. The molecule has 0 bridgehead atoms.